The van der Waals surface area contributed by atoms with Crippen LogP contribution in [0.4, 0.5) is 0 Å². The number of ether oxygens (including phenoxy) is 1. The van der Waals surface area contributed by atoms with Crippen LogP contribution in [0.2, 0.25) is 0 Å². The molecule has 0 unspecified atom stereocenters. The van der Waals surface area contributed by atoms with Gasteiger partial charge in [-0.3, -0.25) is 9.48 Å². The van der Waals surface area contributed by atoms with E-state index in [4.69, 9.17) is 4.74 Å². The molecule has 2 aromatic heterocycles. The van der Waals surface area contributed by atoms with Crippen LogP contribution in [0.5, 0.6) is 0 Å². The number of nitrogens with zero attached hydrogens (tertiary/aromatic N) is 4. The molecular formula is C14H18N4O2S. The maximum Gasteiger partial charge on any atom is 0.273 e. The topological polar surface area (TPSA) is 60.2 Å². The molecule has 0 bridgehead atoms. The molecule has 0 aliphatic carbocycles. The van der Waals surface area contributed by atoms with Crippen molar-refractivity contribution in [3.8, 4) is 10.6 Å². The molecule has 21 heavy (non-hydrogen) atoms. The van der Waals surface area contributed by atoms with E-state index in [0.29, 0.717) is 25.4 Å². The minimum atomic E-state index is -0.296. The average Bonchev–Trinajstić information content (AvgIpc) is 3.05. The number of aryl methyl sites for hydroxylation is 1. The summed E-state index contributed by atoms with van der Waals surface area (Å²) in [7, 11) is 1.86. The van der Waals surface area contributed by atoms with E-state index < -0.39 is 0 Å². The maximum atomic E-state index is 12.5. The van der Waals surface area contributed by atoms with Crippen molar-refractivity contribution in [3.63, 3.8) is 0 Å². The van der Waals surface area contributed by atoms with Gasteiger partial charge in [0.2, 0.25) is 0 Å². The zero-order chi connectivity index (χ0) is 15.0. The van der Waals surface area contributed by atoms with Gasteiger partial charge in [-0.05, 0) is 13.8 Å². The lowest BCUT2D eigenvalue weighted by Crippen LogP contribution is -2.50. The van der Waals surface area contributed by atoms with Gasteiger partial charge in [-0.25, -0.2) is 4.98 Å². The minimum Gasteiger partial charge on any atom is -0.372 e. The summed E-state index contributed by atoms with van der Waals surface area (Å²) in [5.41, 5.74) is 1.14. The molecule has 7 heteroatoms. The number of amides is 1. The Bertz CT molecular complexity index is 661. The first-order chi connectivity index (χ1) is 9.94. The number of hydrogen-bond acceptors (Lipinski definition) is 5. The van der Waals surface area contributed by atoms with Gasteiger partial charge in [0.05, 0.1) is 18.4 Å². The normalized spacial score (nSPS) is 18.0. The Labute approximate surface area is 127 Å². The van der Waals surface area contributed by atoms with Gasteiger partial charge in [-0.15, -0.1) is 11.3 Å². The van der Waals surface area contributed by atoms with E-state index >= 15 is 0 Å². The van der Waals surface area contributed by atoms with Crippen molar-refractivity contribution in [1.29, 1.82) is 0 Å². The number of rotatable bonds is 2. The Hall–Kier alpha value is -1.73. The van der Waals surface area contributed by atoms with Crippen LogP contribution < -0.4 is 0 Å². The Morgan fingerprint density at radius 2 is 2.29 bits per heavy atom. The number of aromatic nitrogens is 3. The van der Waals surface area contributed by atoms with Crippen LogP contribution in [-0.4, -0.2) is 50.9 Å². The van der Waals surface area contributed by atoms with E-state index in [1.807, 2.05) is 37.4 Å². The highest BCUT2D eigenvalue weighted by Gasteiger charge is 2.31. The fourth-order valence-corrected chi connectivity index (χ4v) is 3.16. The van der Waals surface area contributed by atoms with Crippen LogP contribution in [0.3, 0.4) is 0 Å². The van der Waals surface area contributed by atoms with Crippen molar-refractivity contribution < 1.29 is 9.53 Å². The lowest BCUT2D eigenvalue weighted by atomic mass is 10.1. The monoisotopic (exact) mass is 306 g/mol. The van der Waals surface area contributed by atoms with Crippen molar-refractivity contribution in [3.05, 3.63) is 23.5 Å². The van der Waals surface area contributed by atoms with E-state index in [9.17, 15) is 4.79 Å². The predicted octanol–water partition coefficient (Wildman–Crippen LogP) is 1.79. The summed E-state index contributed by atoms with van der Waals surface area (Å²) in [4.78, 5) is 18.8. The highest BCUT2D eigenvalue weighted by atomic mass is 32.1. The molecule has 0 N–H and O–H groups in total. The van der Waals surface area contributed by atoms with E-state index in [0.717, 1.165) is 10.6 Å². The van der Waals surface area contributed by atoms with E-state index in [2.05, 4.69) is 10.1 Å². The highest BCUT2D eigenvalue weighted by molar-refractivity contribution is 7.13. The second-order valence-electron chi connectivity index (χ2n) is 5.78. The van der Waals surface area contributed by atoms with E-state index in [1.165, 1.54) is 11.3 Å². The fraction of sp³-hybridized carbons (Fsp3) is 0.500. The Balaban J connectivity index is 1.78. The number of carbonyl (C=O) groups excluding carboxylic acids is 1. The molecule has 112 valence electrons. The van der Waals surface area contributed by atoms with Gasteiger partial charge in [-0.2, -0.15) is 5.10 Å². The van der Waals surface area contributed by atoms with Crippen LogP contribution in [0.15, 0.2) is 17.8 Å². The summed E-state index contributed by atoms with van der Waals surface area (Å²) in [5.74, 6) is -0.0298. The zero-order valence-corrected chi connectivity index (χ0v) is 13.2. The van der Waals surface area contributed by atoms with Crippen molar-refractivity contribution in [1.82, 2.24) is 19.7 Å². The smallest absolute Gasteiger partial charge is 0.273 e. The molecule has 1 fully saturated rings. The summed E-state index contributed by atoms with van der Waals surface area (Å²) >= 11 is 1.47. The van der Waals surface area contributed by atoms with Gasteiger partial charge in [0.1, 0.15) is 10.7 Å². The first-order valence-electron chi connectivity index (χ1n) is 6.82. The number of carbonyl (C=O) groups is 1. The molecule has 0 spiro atoms. The van der Waals surface area contributed by atoms with Crippen molar-refractivity contribution in [2.75, 3.05) is 19.7 Å². The molecule has 1 aliphatic rings. The number of thiazole rings is 1. The van der Waals surface area contributed by atoms with E-state index in [-0.39, 0.29) is 11.5 Å². The second kappa shape index (κ2) is 5.23. The molecule has 0 saturated carbocycles. The summed E-state index contributed by atoms with van der Waals surface area (Å²) in [6, 6.07) is 0. The van der Waals surface area contributed by atoms with Crippen LogP contribution in [0.1, 0.15) is 24.3 Å². The minimum absolute atomic E-state index is 0.0298. The molecule has 6 nitrogen and oxygen atoms in total. The summed E-state index contributed by atoms with van der Waals surface area (Å²) in [5, 5.41) is 6.76. The molecule has 1 amide bonds. The third-order valence-electron chi connectivity index (χ3n) is 3.39. The third-order valence-corrected chi connectivity index (χ3v) is 4.28. The summed E-state index contributed by atoms with van der Waals surface area (Å²) < 4.78 is 7.36. The molecule has 3 heterocycles. The lowest BCUT2D eigenvalue weighted by molar-refractivity contribution is -0.0764. The number of hydrogen-bond donors (Lipinski definition) is 0. The number of morpholine rings is 1. The third kappa shape index (κ3) is 2.98. The molecule has 2 aromatic rings. The molecule has 0 aromatic carbocycles. The SMILES string of the molecule is Cn1cc(-c2nc(C(=O)N3CCOC(C)(C)C3)cs2)cn1. The maximum absolute atomic E-state index is 12.5. The summed E-state index contributed by atoms with van der Waals surface area (Å²) in [6.07, 6.45) is 3.65. The molecule has 1 saturated heterocycles. The van der Waals surface area contributed by atoms with Gasteiger partial charge in [0.15, 0.2) is 0 Å². The van der Waals surface area contributed by atoms with Crippen molar-refractivity contribution in [2.24, 2.45) is 7.05 Å². The average molecular weight is 306 g/mol. The fourth-order valence-electron chi connectivity index (χ4n) is 2.39. The summed E-state index contributed by atoms with van der Waals surface area (Å²) in [6.45, 7) is 5.76. The van der Waals surface area contributed by atoms with E-state index in [1.54, 1.807) is 10.9 Å². The molecule has 0 atom stereocenters. The Kier molecular flexibility index (Phi) is 3.54. The van der Waals surface area contributed by atoms with Crippen LogP contribution in [-0.2, 0) is 11.8 Å². The highest BCUT2D eigenvalue weighted by Crippen LogP contribution is 2.25. The van der Waals surface area contributed by atoms with Crippen molar-refractivity contribution >= 4 is 17.2 Å². The van der Waals surface area contributed by atoms with Gasteiger partial charge in [0, 0.05) is 37.3 Å². The Morgan fingerprint density at radius 1 is 1.48 bits per heavy atom. The lowest BCUT2D eigenvalue weighted by Gasteiger charge is -2.37. The zero-order valence-electron chi connectivity index (χ0n) is 12.4. The molecular weight excluding hydrogens is 288 g/mol. The quantitative estimate of drug-likeness (QED) is 0.849. The van der Waals surface area contributed by atoms with Gasteiger partial charge in [0.25, 0.3) is 5.91 Å². The first-order valence-corrected chi connectivity index (χ1v) is 7.70. The van der Waals surface area contributed by atoms with Crippen LogP contribution in [0, 0.1) is 0 Å². The predicted molar refractivity (Wildman–Crippen MR) is 80.3 cm³/mol. The van der Waals surface area contributed by atoms with Gasteiger partial charge < -0.3 is 9.64 Å². The van der Waals surface area contributed by atoms with Crippen molar-refractivity contribution in [2.45, 2.75) is 19.4 Å². The van der Waals surface area contributed by atoms with Crippen LogP contribution in [0.25, 0.3) is 10.6 Å². The first kappa shape index (κ1) is 14.2. The largest absolute Gasteiger partial charge is 0.372 e. The van der Waals surface area contributed by atoms with Gasteiger partial charge in [-0.1, -0.05) is 0 Å². The molecule has 1 aliphatic heterocycles. The Morgan fingerprint density at radius 3 is 2.95 bits per heavy atom. The standard InChI is InChI=1S/C14H18N4O2S/c1-14(2)9-18(4-5-20-14)13(19)11-8-21-12(16-11)10-6-15-17(3)7-10/h6-8H,4-5,9H2,1-3H3. The molecule has 0 radical (unpaired) electrons. The van der Waals surface area contributed by atoms with Gasteiger partial charge >= 0.3 is 0 Å². The molecule has 3 rings (SSSR count). The van der Waals surface area contributed by atoms with Crippen LogP contribution >= 0.6 is 11.3 Å². The second-order valence-corrected chi connectivity index (χ2v) is 6.63.